The molecule has 1 N–H and O–H groups in total. The van der Waals surface area contributed by atoms with E-state index in [2.05, 4.69) is 54.2 Å². The van der Waals surface area contributed by atoms with E-state index in [9.17, 15) is 4.79 Å². The van der Waals surface area contributed by atoms with Crippen LogP contribution in [0, 0.1) is 12.8 Å². The summed E-state index contributed by atoms with van der Waals surface area (Å²) in [5.74, 6) is 0.255. The van der Waals surface area contributed by atoms with Crippen molar-refractivity contribution in [1.82, 2.24) is 10.3 Å². The van der Waals surface area contributed by atoms with Crippen LogP contribution in [0.5, 0.6) is 0 Å². The Morgan fingerprint density at radius 1 is 1.31 bits per heavy atom. The first-order valence-corrected chi connectivity index (χ1v) is 10.4. The minimum Gasteiger partial charge on any atom is -0.444 e. The van der Waals surface area contributed by atoms with Gasteiger partial charge in [-0.2, -0.15) is 0 Å². The van der Waals surface area contributed by atoms with Crippen molar-refractivity contribution in [3.63, 3.8) is 0 Å². The SMILES string of the molecule is CCC(C)C(NC(=O)OC(C)(C)C)c1nc(-c2ccc(Br)cc2)c(C)s1. The van der Waals surface area contributed by atoms with E-state index in [-0.39, 0.29) is 12.0 Å². The zero-order chi connectivity index (χ0) is 19.5. The normalized spacial score (nSPS) is 14.0. The van der Waals surface area contributed by atoms with Crippen LogP contribution in [0.2, 0.25) is 0 Å². The first-order chi connectivity index (χ1) is 12.1. The summed E-state index contributed by atoms with van der Waals surface area (Å²) in [5, 5.41) is 3.94. The molecule has 2 unspecified atom stereocenters. The second-order valence-corrected chi connectivity index (χ2v) is 9.62. The molecule has 6 heteroatoms. The van der Waals surface area contributed by atoms with E-state index >= 15 is 0 Å². The monoisotopic (exact) mass is 438 g/mol. The zero-order valence-corrected chi connectivity index (χ0v) is 18.6. The minimum absolute atomic E-state index is 0.164. The number of carbonyl (C=O) groups excluding carboxylic acids is 1. The molecule has 1 aromatic heterocycles. The molecule has 1 heterocycles. The number of aryl methyl sites for hydroxylation is 1. The first kappa shape index (κ1) is 20.9. The van der Waals surface area contributed by atoms with Crippen LogP contribution in [-0.2, 0) is 4.74 Å². The fourth-order valence-corrected chi connectivity index (χ4v) is 3.94. The number of aromatic nitrogens is 1. The summed E-state index contributed by atoms with van der Waals surface area (Å²) in [4.78, 5) is 18.3. The molecular weight excluding hydrogens is 412 g/mol. The van der Waals surface area contributed by atoms with Crippen LogP contribution >= 0.6 is 27.3 Å². The molecular formula is C20H27BrN2O2S. The van der Waals surface area contributed by atoms with Crippen LogP contribution < -0.4 is 5.32 Å². The van der Waals surface area contributed by atoms with Gasteiger partial charge in [0, 0.05) is 14.9 Å². The third-order valence-corrected chi connectivity index (χ3v) is 5.66. The lowest BCUT2D eigenvalue weighted by atomic mass is 10.00. The number of halogens is 1. The Morgan fingerprint density at radius 3 is 2.46 bits per heavy atom. The van der Waals surface area contributed by atoms with E-state index in [1.54, 1.807) is 11.3 Å². The van der Waals surface area contributed by atoms with Gasteiger partial charge in [0.15, 0.2) is 0 Å². The van der Waals surface area contributed by atoms with Gasteiger partial charge in [0.05, 0.1) is 11.7 Å². The number of thiazole rings is 1. The molecule has 2 rings (SSSR count). The van der Waals surface area contributed by atoms with Crippen molar-refractivity contribution in [3.05, 3.63) is 38.6 Å². The lowest BCUT2D eigenvalue weighted by Crippen LogP contribution is -2.37. The maximum atomic E-state index is 12.3. The molecule has 4 nitrogen and oxygen atoms in total. The van der Waals surface area contributed by atoms with E-state index in [1.165, 1.54) is 0 Å². The lowest BCUT2D eigenvalue weighted by Gasteiger charge is -2.25. The van der Waals surface area contributed by atoms with Crippen molar-refractivity contribution in [2.75, 3.05) is 0 Å². The quantitative estimate of drug-likeness (QED) is 0.579. The molecule has 0 saturated carbocycles. The van der Waals surface area contributed by atoms with E-state index in [4.69, 9.17) is 9.72 Å². The van der Waals surface area contributed by atoms with E-state index in [1.807, 2.05) is 32.9 Å². The smallest absolute Gasteiger partial charge is 0.408 e. The molecule has 0 aliphatic carbocycles. The molecule has 1 aromatic carbocycles. The third-order valence-electron chi connectivity index (χ3n) is 4.08. The molecule has 0 aliphatic rings. The number of nitrogens with zero attached hydrogens (tertiary/aromatic N) is 1. The van der Waals surface area contributed by atoms with Crippen molar-refractivity contribution in [1.29, 1.82) is 0 Å². The summed E-state index contributed by atoms with van der Waals surface area (Å²) in [6, 6.07) is 7.96. The van der Waals surface area contributed by atoms with Crippen LogP contribution in [-0.4, -0.2) is 16.7 Å². The summed E-state index contributed by atoms with van der Waals surface area (Å²) in [6.07, 6.45) is 0.535. The number of ether oxygens (including phenoxy) is 1. The first-order valence-electron chi connectivity index (χ1n) is 8.83. The van der Waals surface area contributed by atoms with Gasteiger partial charge in [0.25, 0.3) is 0 Å². The van der Waals surface area contributed by atoms with Gasteiger partial charge in [0.2, 0.25) is 0 Å². The van der Waals surface area contributed by atoms with Gasteiger partial charge in [-0.25, -0.2) is 9.78 Å². The van der Waals surface area contributed by atoms with Crippen LogP contribution in [0.4, 0.5) is 4.79 Å². The maximum absolute atomic E-state index is 12.3. The second kappa shape index (κ2) is 8.53. The summed E-state index contributed by atoms with van der Waals surface area (Å²) < 4.78 is 6.48. The average molecular weight is 439 g/mol. The Labute approximate surface area is 168 Å². The van der Waals surface area contributed by atoms with Crippen molar-refractivity contribution >= 4 is 33.4 Å². The highest BCUT2D eigenvalue weighted by atomic mass is 79.9. The molecule has 2 aromatic rings. The molecule has 0 aliphatic heterocycles. The molecule has 0 spiro atoms. The molecule has 2 atom stereocenters. The number of nitrogens with one attached hydrogen (secondary N) is 1. The minimum atomic E-state index is -0.522. The third kappa shape index (κ3) is 5.55. The van der Waals surface area contributed by atoms with Gasteiger partial charge in [-0.15, -0.1) is 11.3 Å². The van der Waals surface area contributed by atoms with Crippen LogP contribution in [0.15, 0.2) is 28.7 Å². The number of hydrogen-bond donors (Lipinski definition) is 1. The molecule has 26 heavy (non-hydrogen) atoms. The fraction of sp³-hybridized carbons (Fsp3) is 0.500. The largest absolute Gasteiger partial charge is 0.444 e. The van der Waals surface area contributed by atoms with E-state index < -0.39 is 11.7 Å². The molecule has 0 radical (unpaired) electrons. The zero-order valence-electron chi connectivity index (χ0n) is 16.2. The van der Waals surface area contributed by atoms with Gasteiger partial charge in [-0.3, -0.25) is 0 Å². The summed E-state index contributed by atoms with van der Waals surface area (Å²) in [7, 11) is 0. The predicted octanol–water partition coefficient (Wildman–Crippen LogP) is 6.49. The topological polar surface area (TPSA) is 51.2 Å². The number of alkyl carbamates (subject to hydrolysis) is 1. The van der Waals surface area contributed by atoms with Crippen LogP contribution in [0.3, 0.4) is 0 Å². The number of benzene rings is 1. The Morgan fingerprint density at radius 2 is 1.92 bits per heavy atom. The van der Waals surface area contributed by atoms with Crippen molar-refractivity contribution < 1.29 is 9.53 Å². The Balaban J connectivity index is 2.30. The van der Waals surface area contributed by atoms with Gasteiger partial charge in [-0.1, -0.05) is 48.3 Å². The standard InChI is InChI=1S/C20H27BrN2O2S/c1-7-12(2)16(23-19(24)25-20(4,5)6)18-22-17(13(3)26-18)14-8-10-15(21)11-9-14/h8-12,16H,7H2,1-6H3,(H,23,24). The van der Waals surface area contributed by atoms with Crippen LogP contribution in [0.25, 0.3) is 11.3 Å². The number of rotatable bonds is 5. The molecule has 1 amide bonds. The van der Waals surface area contributed by atoms with Crippen molar-refractivity contribution in [3.8, 4) is 11.3 Å². The molecule has 142 valence electrons. The van der Waals surface area contributed by atoms with Gasteiger partial charge < -0.3 is 10.1 Å². The van der Waals surface area contributed by atoms with Crippen LogP contribution in [0.1, 0.15) is 57.0 Å². The van der Waals surface area contributed by atoms with Crippen molar-refractivity contribution in [2.24, 2.45) is 5.92 Å². The van der Waals surface area contributed by atoms with E-state index in [0.717, 1.165) is 32.0 Å². The molecule has 0 fully saturated rings. The fourth-order valence-electron chi connectivity index (χ4n) is 2.54. The Bertz CT molecular complexity index is 750. The lowest BCUT2D eigenvalue weighted by molar-refractivity contribution is 0.0486. The molecule has 0 saturated heterocycles. The van der Waals surface area contributed by atoms with Crippen molar-refractivity contribution in [2.45, 2.75) is 59.6 Å². The van der Waals surface area contributed by atoms with Gasteiger partial charge >= 0.3 is 6.09 Å². The van der Waals surface area contributed by atoms with Gasteiger partial charge in [0.1, 0.15) is 10.6 Å². The number of carbonyl (C=O) groups is 1. The highest BCUT2D eigenvalue weighted by Gasteiger charge is 2.27. The Kier molecular flexibility index (Phi) is 6.86. The highest BCUT2D eigenvalue weighted by Crippen LogP contribution is 2.34. The summed E-state index contributed by atoms with van der Waals surface area (Å²) >= 11 is 5.10. The second-order valence-electron chi connectivity index (χ2n) is 7.47. The average Bonchev–Trinajstić information content (AvgIpc) is 2.92. The maximum Gasteiger partial charge on any atom is 0.408 e. The van der Waals surface area contributed by atoms with Gasteiger partial charge in [-0.05, 0) is 45.7 Å². The molecule has 0 bridgehead atoms. The summed E-state index contributed by atoms with van der Waals surface area (Å²) in [5.41, 5.74) is 1.52. The van der Waals surface area contributed by atoms with E-state index in [0.29, 0.717) is 0 Å². The highest BCUT2D eigenvalue weighted by molar-refractivity contribution is 9.10. The number of hydrogen-bond acceptors (Lipinski definition) is 4. The number of amides is 1. The predicted molar refractivity (Wildman–Crippen MR) is 112 cm³/mol. The summed E-state index contributed by atoms with van der Waals surface area (Å²) in [6.45, 7) is 11.9. The Hall–Kier alpha value is -1.40.